The molecule has 0 aliphatic heterocycles. The molecule has 1 aromatic carbocycles. The van der Waals surface area contributed by atoms with E-state index in [1.54, 1.807) is 18.2 Å². The van der Waals surface area contributed by atoms with E-state index in [-0.39, 0.29) is 0 Å². The third-order valence-electron chi connectivity index (χ3n) is 1.15. The van der Waals surface area contributed by atoms with Gasteiger partial charge >= 0.3 is 0 Å². The lowest BCUT2D eigenvalue weighted by molar-refractivity contribution is 0.614. The van der Waals surface area contributed by atoms with Gasteiger partial charge < -0.3 is 5.73 Å². The first-order valence-corrected chi connectivity index (χ1v) is 4.68. The van der Waals surface area contributed by atoms with Crippen LogP contribution >= 0.6 is 0 Å². The molecule has 0 aliphatic carbocycles. The topological polar surface area (TPSA) is 72.2 Å². The zero-order chi connectivity index (χ0) is 9.19. The predicted octanol–water partition coefficient (Wildman–Crippen LogP) is 0.0940. The fourth-order valence-electron chi connectivity index (χ4n) is 0.766. The molecule has 0 heterocycles. The van der Waals surface area contributed by atoms with E-state index in [9.17, 15) is 8.42 Å². The van der Waals surface area contributed by atoms with Gasteiger partial charge in [-0.25, -0.2) is 8.42 Å². The quantitative estimate of drug-likeness (QED) is 0.503. The van der Waals surface area contributed by atoms with Crippen molar-refractivity contribution in [2.45, 2.75) is 0 Å². The molecule has 12 heavy (non-hydrogen) atoms. The van der Waals surface area contributed by atoms with Gasteiger partial charge in [-0.05, 0) is 18.2 Å². The molecule has 3 N–H and O–H groups in total. The first-order valence-electron chi connectivity index (χ1n) is 3.13. The number of hydrogen-bond donors (Lipinski definition) is 2. The van der Waals surface area contributed by atoms with E-state index in [1.807, 2.05) is 0 Å². The molecule has 0 amide bonds. The van der Waals surface area contributed by atoms with Crippen molar-refractivity contribution in [2.24, 2.45) is 0 Å². The van der Waals surface area contributed by atoms with Crippen LogP contribution in [0.25, 0.3) is 0 Å². The number of nitrogens with two attached hydrogens (primary N) is 1. The molecule has 0 saturated carbocycles. The molecule has 0 bridgehead atoms. The Morgan fingerprint density at radius 1 is 1.42 bits per heavy atom. The molecule has 0 unspecified atom stereocenters. The van der Waals surface area contributed by atoms with Crippen molar-refractivity contribution in [2.75, 3.05) is 10.5 Å². The number of benzene rings is 1. The van der Waals surface area contributed by atoms with Crippen LogP contribution in [0.3, 0.4) is 0 Å². The lowest BCUT2D eigenvalue weighted by Gasteiger charge is -2.03. The van der Waals surface area contributed by atoms with Crippen LogP contribution in [-0.2, 0) is 9.87 Å². The second-order valence-electron chi connectivity index (χ2n) is 2.27. The van der Waals surface area contributed by atoms with Crippen molar-refractivity contribution in [1.82, 2.24) is 0 Å². The van der Waals surface area contributed by atoms with Gasteiger partial charge in [0, 0.05) is 11.4 Å². The van der Waals surface area contributed by atoms with E-state index < -0.39 is 9.87 Å². The van der Waals surface area contributed by atoms with Crippen LogP contribution in [0.4, 0.5) is 11.4 Å². The smallest absolute Gasteiger partial charge is 0.285 e. The fourth-order valence-corrected chi connectivity index (χ4v) is 1.22. The van der Waals surface area contributed by atoms with Crippen LogP contribution in [0.15, 0.2) is 24.3 Å². The van der Waals surface area contributed by atoms with Gasteiger partial charge in [-0.15, -0.1) is 0 Å². The Bertz CT molecular complexity index is 377. The largest absolute Gasteiger partial charge is 0.399 e. The van der Waals surface area contributed by atoms with E-state index in [1.165, 1.54) is 6.07 Å². The van der Waals surface area contributed by atoms with Crippen molar-refractivity contribution in [3.63, 3.8) is 0 Å². The van der Waals surface area contributed by atoms with Crippen LogP contribution in [0.1, 0.15) is 0 Å². The first-order chi connectivity index (χ1) is 5.47. The minimum absolute atomic E-state index is 0.359. The van der Waals surface area contributed by atoms with Crippen LogP contribution in [0, 0.1) is 0 Å². The minimum atomic E-state index is -3.70. The molecule has 0 aliphatic rings. The molecule has 0 aromatic heterocycles. The summed E-state index contributed by atoms with van der Waals surface area (Å²) in [5.74, 6) is 0. The molecule has 2 radical (unpaired) electrons. The Hall–Kier alpha value is -1.17. The Balaban J connectivity index is 2.91. The maximum absolute atomic E-state index is 10.5. The van der Waals surface area contributed by atoms with Crippen molar-refractivity contribution in [3.05, 3.63) is 24.3 Å². The van der Waals surface area contributed by atoms with Crippen molar-refractivity contribution >= 4 is 28.4 Å². The molecule has 0 fully saturated rings. The lowest BCUT2D eigenvalue weighted by Crippen LogP contribution is -2.11. The van der Waals surface area contributed by atoms with E-state index >= 15 is 0 Å². The van der Waals surface area contributed by atoms with Crippen LogP contribution in [0.5, 0.6) is 0 Å². The van der Waals surface area contributed by atoms with E-state index in [0.29, 0.717) is 11.4 Å². The summed E-state index contributed by atoms with van der Waals surface area (Å²) < 4.78 is 23.2. The molecular formula is C6H7BN2O2S. The van der Waals surface area contributed by atoms with Crippen LogP contribution < -0.4 is 10.5 Å². The highest BCUT2D eigenvalue weighted by Gasteiger charge is 2.00. The Labute approximate surface area is 72.1 Å². The van der Waals surface area contributed by atoms with E-state index in [2.05, 4.69) is 4.72 Å². The summed E-state index contributed by atoms with van der Waals surface area (Å²) in [6.07, 6.45) is 0. The molecule has 62 valence electrons. The Morgan fingerprint density at radius 3 is 2.58 bits per heavy atom. The zero-order valence-corrected chi connectivity index (χ0v) is 7.01. The first kappa shape index (κ1) is 8.93. The number of anilines is 2. The molecule has 1 rings (SSSR count). The SMILES string of the molecule is [B]S(=O)(=O)Nc1cccc(N)c1. The number of rotatable bonds is 2. The van der Waals surface area contributed by atoms with Gasteiger partial charge in [-0.3, -0.25) is 4.72 Å². The van der Waals surface area contributed by atoms with Gasteiger partial charge in [-0.2, -0.15) is 0 Å². The summed E-state index contributed by atoms with van der Waals surface area (Å²) >= 11 is 0. The molecule has 1 aromatic rings. The zero-order valence-electron chi connectivity index (χ0n) is 6.19. The predicted molar refractivity (Wildman–Crippen MR) is 49.2 cm³/mol. The number of nitrogen functional groups attached to an aromatic ring is 1. The van der Waals surface area contributed by atoms with Crippen LogP contribution in [-0.4, -0.2) is 15.5 Å². The van der Waals surface area contributed by atoms with Gasteiger partial charge in [0.25, 0.3) is 7.12 Å². The second kappa shape index (κ2) is 3.06. The summed E-state index contributed by atoms with van der Waals surface area (Å²) in [5, 5.41) is 0. The molecule has 0 atom stereocenters. The highest BCUT2D eigenvalue weighted by Crippen LogP contribution is 2.12. The Morgan fingerprint density at radius 2 is 2.08 bits per heavy atom. The van der Waals surface area contributed by atoms with Crippen molar-refractivity contribution in [3.8, 4) is 0 Å². The van der Waals surface area contributed by atoms with E-state index in [0.717, 1.165) is 0 Å². The third-order valence-corrected chi connectivity index (χ3v) is 1.67. The maximum atomic E-state index is 10.5. The monoisotopic (exact) mass is 182 g/mol. The molecule has 0 spiro atoms. The van der Waals surface area contributed by atoms with Crippen molar-refractivity contribution in [1.29, 1.82) is 0 Å². The van der Waals surface area contributed by atoms with E-state index in [4.69, 9.17) is 12.9 Å². The summed E-state index contributed by atoms with van der Waals surface area (Å²) in [6, 6.07) is 6.31. The maximum Gasteiger partial charge on any atom is 0.285 e. The summed E-state index contributed by atoms with van der Waals surface area (Å²) in [5.41, 5.74) is 6.24. The van der Waals surface area contributed by atoms with Crippen molar-refractivity contribution < 1.29 is 8.42 Å². The van der Waals surface area contributed by atoms with Gasteiger partial charge in [-0.1, -0.05) is 6.07 Å². The second-order valence-corrected chi connectivity index (χ2v) is 3.57. The van der Waals surface area contributed by atoms with Gasteiger partial charge in [0.2, 0.25) is 0 Å². The third kappa shape index (κ3) is 2.83. The number of hydrogen-bond acceptors (Lipinski definition) is 3. The molecule has 0 saturated heterocycles. The average molecular weight is 182 g/mol. The average Bonchev–Trinajstić information content (AvgIpc) is 1.82. The van der Waals surface area contributed by atoms with Gasteiger partial charge in [0.15, 0.2) is 9.87 Å². The van der Waals surface area contributed by atoms with Gasteiger partial charge in [0.1, 0.15) is 0 Å². The van der Waals surface area contributed by atoms with Crippen LogP contribution in [0.2, 0.25) is 0 Å². The standard InChI is InChI=1S/C6H7BN2O2S/c7-12(10,11)9-6-3-1-2-5(8)4-6/h1-4,9H,8H2. The summed E-state index contributed by atoms with van der Waals surface area (Å²) in [4.78, 5) is 0. The number of nitrogens with one attached hydrogen (secondary N) is 1. The highest BCUT2D eigenvalue weighted by molar-refractivity contribution is 8.13. The molecule has 4 nitrogen and oxygen atoms in total. The fraction of sp³-hybridized carbons (Fsp3) is 0. The van der Waals surface area contributed by atoms with Gasteiger partial charge in [0.05, 0.1) is 0 Å². The lowest BCUT2D eigenvalue weighted by atomic mass is 10.3. The Kier molecular flexibility index (Phi) is 2.28. The highest BCUT2D eigenvalue weighted by atomic mass is 32.2. The normalized spacial score (nSPS) is 11.0. The summed E-state index contributed by atoms with van der Waals surface area (Å²) in [6.45, 7) is 0. The molecular weight excluding hydrogens is 175 g/mol. The minimum Gasteiger partial charge on any atom is -0.399 e. The summed E-state index contributed by atoms with van der Waals surface area (Å²) in [7, 11) is 1.04. The molecule has 6 heteroatoms.